The van der Waals surface area contributed by atoms with Crippen LogP contribution in [0.1, 0.15) is 19.4 Å². The predicted octanol–water partition coefficient (Wildman–Crippen LogP) is 2.25. The van der Waals surface area contributed by atoms with Gasteiger partial charge >= 0.3 is 6.09 Å². The number of carbonyl (C=O) groups is 1. The molecule has 0 saturated carbocycles. The highest BCUT2D eigenvalue weighted by molar-refractivity contribution is 5.64. The predicted molar refractivity (Wildman–Crippen MR) is 68.6 cm³/mol. The van der Waals surface area contributed by atoms with Crippen LogP contribution < -0.4 is 14.8 Å². The van der Waals surface area contributed by atoms with Crippen LogP contribution in [0.2, 0.25) is 0 Å². The van der Waals surface area contributed by atoms with Gasteiger partial charge in [0.15, 0.2) is 0 Å². The lowest BCUT2D eigenvalue weighted by atomic mass is 9.83. The Morgan fingerprint density at radius 1 is 1.33 bits per heavy atom. The second kappa shape index (κ2) is 5.62. The SMILES string of the molecule is COc1ccc(OC)c(C(C)(C)CNC(=O)O)c1. The highest BCUT2D eigenvalue weighted by atomic mass is 16.5. The van der Waals surface area contributed by atoms with Crippen LogP contribution >= 0.6 is 0 Å². The van der Waals surface area contributed by atoms with Gasteiger partial charge in [-0.25, -0.2) is 4.79 Å². The molecule has 0 saturated heterocycles. The lowest BCUT2D eigenvalue weighted by molar-refractivity contribution is 0.191. The molecule has 0 aliphatic heterocycles. The number of nitrogens with one attached hydrogen (secondary N) is 1. The van der Waals surface area contributed by atoms with Crippen molar-refractivity contribution in [2.75, 3.05) is 20.8 Å². The fourth-order valence-corrected chi connectivity index (χ4v) is 1.73. The Hall–Kier alpha value is -1.91. The van der Waals surface area contributed by atoms with E-state index in [2.05, 4.69) is 5.32 Å². The molecule has 0 heterocycles. The van der Waals surface area contributed by atoms with E-state index in [1.165, 1.54) is 0 Å². The van der Waals surface area contributed by atoms with Crippen molar-refractivity contribution in [3.63, 3.8) is 0 Å². The summed E-state index contributed by atoms with van der Waals surface area (Å²) in [5.74, 6) is 1.43. The van der Waals surface area contributed by atoms with Gasteiger partial charge in [0.25, 0.3) is 0 Å². The Bertz CT molecular complexity index is 429. The lowest BCUT2D eigenvalue weighted by Crippen LogP contribution is -2.36. The van der Waals surface area contributed by atoms with E-state index in [1.807, 2.05) is 32.0 Å². The van der Waals surface area contributed by atoms with Crippen molar-refractivity contribution < 1.29 is 19.4 Å². The molecule has 0 unspecified atom stereocenters. The molecule has 5 heteroatoms. The second-order valence-electron chi connectivity index (χ2n) is 4.61. The first-order valence-corrected chi connectivity index (χ1v) is 5.60. The summed E-state index contributed by atoms with van der Waals surface area (Å²) in [6.45, 7) is 4.19. The summed E-state index contributed by atoms with van der Waals surface area (Å²) in [7, 11) is 3.18. The lowest BCUT2D eigenvalue weighted by Gasteiger charge is -2.27. The first-order chi connectivity index (χ1) is 8.40. The minimum absolute atomic E-state index is 0.297. The number of hydrogen-bond acceptors (Lipinski definition) is 3. The Labute approximate surface area is 107 Å². The summed E-state index contributed by atoms with van der Waals surface area (Å²) < 4.78 is 10.5. The molecule has 0 aromatic heterocycles. The molecule has 100 valence electrons. The summed E-state index contributed by atoms with van der Waals surface area (Å²) in [6, 6.07) is 5.49. The fraction of sp³-hybridized carbons (Fsp3) is 0.462. The van der Waals surface area contributed by atoms with E-state index in [1.54, 1.807) is 14.2 Å². The molecule has 0 bridgehead atoms. The molecule has 1 aromatic carbocycles. The van der Waals surface area contributed by atoms with Gasteiger partial charge in [0.2, 0.25) is 0 Å². The smallest absolute Gasteiger partial charge is 0.404 e. The van der Waals surface area contributed by atoms with Crippen LogP contribution in [0.25, 0.3) is 0 Å². The normalized spacial score (nSPS) is 10.9. The topological polar surface area (TPSA) is 67.8 Å². The molecule has 1 aromatic rings. The molecular weight excluding hydrogens is 234 g/mol. The summed E-state index contributed by atoms with van der Waals surface area (Å²) in [5, 5.41) is 11.1. The minimum Gasteiger partial charge on any atom is -0.497 e. The minimum atomic E-state index is -1.04. The van der Waals surface area contributed by atoms with E-state index in [0.717, 1.165) is 5.56 Å². The summed E-state index contributed by atoms with van der Waals surface area (Å²) in [5.41, 5.74) is 0.510. The second-order valence-corrected chi connectivity index (χ2v) is 4.61. The Balaban J connectivity index is 3.07. The molecule has 1 rings (SSSR count). The van der Waals surface area contributed by atoms with Gasteiger partial charge in [0, 0.05) is 17.5 Å². The van der Waals surface area contributed by atoms with Gasteiger partial charge in [0.1, 0.15) is 11.5 Å². The zero-order valence-electron chi connectivity index (χ0n) is 11.1. The molecule has 18 heavy (non-hydrogen) atoms. The number of amides is 1. The number of rotatable bonds is 5. The highest BCUT2D eigenvalue weighted by Gasteiger charge is 2.25. The van der Waals surface area contributed by atoms with Crippen LogP contribution in [0.15, 0.2) is 18.2 Å². The van der Waals surface area contributed by atoms with Gasteiger partial charge in [0.05, 0.1) is 14.2 Å². The Kier molecular flexibility index (Phi) is 4.42. The average molecular weight is 253 g/mol. The maximum atomic E-state index is 10.6. The van der Waals surface area contributed by atoms with E-state index in [4.69, 9.17) is 14.6 Å². The van der Waals surface area contributed by atoms with Crippen LogP contribution in [0, 0.1) is 0 Å². The van der Waals surface area contributed by atoms with E-state index < -0.39 is 11.5 Å². The summed E-state index contributed by atoms with van der Waals surface area (Å²) in [4.78, 5) is 10.6. The third-order valence-corrected chi connectivity index (χ3v) is 2.82. The molecule has 0 spiro atoms. The van der Waals surface area contributed by atoms with Crippen LogP contribution in [0.5, 0.6) is 11.5 Å². The largest absolute Gasteiger partial charge is 0.497 e. The van der Waals surface area contributed by atoms with Crippen molar-refractivity contribution in [3.8, 4) is 11.5 Å². The summed E-state index contributed by atoms with van der Waals surface area (Å²) >= 11 is 0. The van der Waals surface area contributed by atoms with Crippen molar-refractivity contribution in [1.82, 2.24) is 5.32 Å². The average Bonchev–Trinajstić information content (AvgIpc) is 2.35. The van der Waals surface area contributed by atoms with E-state index in [9.17, 15) is 4.79 Å². The van der Waals surface area contributed by atoms with Crippen molar-refractivity contribution in [3.05, 3.63) is 23.8 Å². The van der Waals surface area contributed by atoms with Crippen LogP contribution in [-0.4, -0.2) is 32.0 Å². The third-order valence-electron chi connectivity index (χ3n) is 2.82. The van der Waals surface area contributed by atoms with Gasteiger partial charge < -0.3 is 19.9 Å². The molecule has 0 atom stereocenters. The molecule has 0 aliphatic carbocycles. The molecule has 0 fully saturated rings. The molecule has 1 amide bonds. The van der Waals surface area contributed by atoms with Gasteiger partial charge in [-0.2, -0.15) is 0 Å². The molecular formula is C13H19NO4. The Morgan fingerprint density at radius 3 is 2.50 bits per heavy atom. The van der Waals surface area contributed by atoms with Crippen LogP contribution in [0.3, 0.4) is 0 Å². The fourth-order valence-electron chi connectivity index (χ4n) is 1.73. The quantitative estimate of drug-likeness (QED) is 0.844. The molecule has 0 radical (unpaired) electrons. The summed E-state index contributed by atoms with van der Waals surface area (Å²) in [6.07, 6.45) is -1.04. The number of hydrogen-bond donors (Lipinski definition) is 2. The van der Waals surface area contributed by atoms with Crippen molar-refractivity contribution in [2.45, 2.75) is 19.3 Å². The number of carboxylic acid groups (broad SMARTS) is 1. The zero-order chi connectivity index (χ0) is 13.8. The third kappa shape index (κ3) is 3.29. The van der Waals surface area contributed by atoms with E-state index >= 15 is 0 Å². The molecule has 5 nitrogen and oxygen atoms in total. The first-order valence-electron chi connectivity index (χ1n) is 5.60. The first kappa shape index (κ1) is 14.2. The van der Waals surface area contributed by atoms with Crippen molar-refractivity contribution in [1.29, 1.82) is 0 Å². The van der Waals surface area contributed by atoms with Crippen molar-refractivity contribution in [2.24, 2.45) is 0 Å². The van der Waals surface area contributed by atoms with E-state index in [0.29, 0.717) is 18.0 Å². The maximum Gasteiger partial charge on any atom is 0.404 e. The number of methoxy groups -OCH3 is 2. The standard InChI is InChI=1S/C13H19NO4/c1-13(2,8-14-12(15)16)10-7-9(17-3)5-6-11(10)18-4/h5-7,14H,8H2,1-4H3,(H,15,16). The number of benzene rings is 1. The highest BCUT2D eigenvalue weighted by Crippen LogP contribution is 2.34. The van der Waals surface area contributed by atoms with Crippen LogP contribution in [-0.2, 0) is 5.41 Å². The maximum absolute atomic E-state index is 10.6. The number of ether oxygens (including phenoxy) is 2. The van der Waals surface area contributed by atoms with Gasteiger partial charge in [-0.3, -0.25) is 0 Å². The zero-order valence-corrected chi connectivity index (χ0v) is 11.1. The van der Waals surface area contributed by atoms with E-state index in [-0.39, 0.29) is 0 Å². The van der Waals surface area contributed by atoms with Gasteiger partial charge in [-0.05, 0) is 18.2 Å². The van der Waals surface area contributed by atoms with Gasteiger partial charge in [-0.15, -0.1) is 0 Å². The van der Waals surface area contributed by atoms with Crippen molar-refractivity contribution >= 4 is 6.09 Å². The molecule has 2 N–H and O–H groups in total. The molecule has 0 aliphatic rings. The van der Waals surface area contributed by atoms with Crippen LogP contribution in [0.4, 0.5) is 4.79 Å². The van der Waals surface area contributed by atoms with Gasteiger partial charge in [-0.1, -0.05) is 13.8 Å². The monoisotopic (exact) mass is 253 g/mol. The Morgan fingerprint density at radius 2 is 2.00 bits per heavy atom.